The van der Waals surface area contributed by atoms with Crippen molar-refractivity contribution in [3.05, 3.63) is 0 Å². The van der Waals surface area contributed by atoms with E-state index in [2.05, 4.69) is 18.5 Å². The van der Waals surface area contributed by atoms with Crippen LogP contribution in [0.5, 0.6) is 0 Å². The average Bonchev–Trinajstić information content (AvgIpc) is 2.87. The zero-order chi connectivity index (χ0) is 9.71. The third kappa shape index (κ3) is 1.33. The molecule has 0 aromatic carbocycles. The summed E-state index contributed by atoms with van der Waals surface area (Å²) < 4.78 is 0. The molecule has 3 aliphatic carbocycles. The second-order valence-electron chi connectivity index (χ2n) is 5.79. The van der Waals surface area contributed by atoms with Crippen LogP contribution in [0.25, 0.3) is 0 Å². The van der Waals surface area contributed by atoms with E-state index in [1.165, 1.54) is 12.3 Å². The van der Waals surface area contributed by atoms with E-state index in [1.54, 1.807) is 25.7 Å². The summed E-state index contributed by atoms with van der Waals surface area (Å²) in [4.78, 5) is 0. The van der Waals surface area contributed by atoms with Crippen molar-refractivity contribution in [2.75, 3.05) is 12.3 Å². The number of hydrogen-bond acceptors (Lipinski definition) is 0. The van der Waals surface area contributed by atoms with Crippen LogP contribution in [0.15, 0.2) is 0 Å². The lowest BCUT2D eigenvalue weighted by Crippen LogP contribution is -2.25. The summed E-state index contributed by atoms with van der Waals surface area (Å²) in [5, 5.41) is 0. The topological polar surface area (TPSA) is 0 Å². The molecule has 0 aromatic heterocycles. The highest BCUT2D eigenvalue weighted by Crippen LogP contribution is 2.62. The first-order chi connectivity index (χ1) is 6.83. The SMILES string of the molecule is PCC1CC2C3CC(CP)C(C3)C2C1. The number of rotatable bonds is 2. The van der Waals surface area contributed by atoms with Crippen LogP contribution in [0.4, 0.5) is 0 Å². The first kappa shape index (κ1) is 10.0. The molecule has 3 saturated carbocycles. The molecule has 0 aliphatic heterocycles. The molecule has 0 radical (unpaired) electrons. The third-order valence-corrected chi connectivity index (χ3v) is 6.61. The largest absolute Gasteiger partial charge is 0.137 e. The monoisotopic (exact) mass is 228 g/mol. The molecule has 2 heteroatoms. The van der Waals surface area contributed by atoms with E-state index >= 15 is 0 Å². The maximum atomic E-state index is 2.98. The van der Waals surface area contributed by atoms with E-state index in [0.29, 0.717) is 0 Å². The Morgan fingerprint density at radius 1 is 0.786 bits per heavy atom. The molecule has 0 heterocycles. The van der Waals surface area contributed by atoms with Crippen LogP contribution in [0.1, 0.15) is 25.7 Å². The molecule has 3 aliphatic rings. The van der Waals surface area contributed by atoms with Gasteiger partial charge in [-0.3, -0.25) is 0 Å². The molecule has 0 aromatic rings. The van der Waals surface area contributed by atoms with E-state index in [-0.39, 0.29) is 0 Å². The van der Waals surface area contributed by atoms with E-state index in [4.69, 9.17) is 0 Å². The second-order valence-corrected chi connectivity index (χ2v) is 6.73. The zero-order valence-corrected chi connectivity index (χ0v) is 11.2. The van der Waals surface area contributed by atoms with Crippen molar-refractivity contribution in [1.29, 1.82) is 0 Å². The Kier molecular flexibility index (Phi) is 2.66. The van der Waals surface area contributed by atoms with Gasteiger partial charge in [-0.2, -0.15) is 0 Å². The van der Waals surface area contributed by atoms with Gasteiger partial charge in [0.2, 0.25) is 0 Å². The summed E-state index contributed by atoms with van der Waals surface area (Å²) in [7, 11) is 5.94. The summed E-state index contributed by atoms with van der Waals surface area (Å²) >= 11 is 0. The fourth-order valence-corrected chi connectivity index (χ4v) is 5.72. The first-order valence-corrected chi connectivity index (χ1v) is 7.87. The Morgan fingerprint density at radius 2 is 1.57 bits per heavy atom. The van der Waals surface area contributed by atoms with Crippen LogP contribution in [0.3, 0.4) is 0 Å². The minimum Gasteiger partial charge on any atom is -0.137 e. The fraction of sp³-hybridized carbons (Fsp3) is 1.00. The zero-order valence-electron chi connectivity index (χ0n) is 8.86. The molecule has 14 heavy (non-hydrogen) atoms. The lowest BCUT2D eigenvalue weighted by molar-refractivity contribution is 0.204. The smallest absolute Gasteiger partial charge is 0.0346 e. The second kappa shape index (κ2) is 3.71. The Balaban J connectivity index is 1.75. The Morgan fingerprint density at radius 3 is 2.29 bits per heavy atom. The van der Waals surface area contributed by atoms with Crippen molar-refractivity contribution >= 4 is 18.5 Å². The summed E-state index contributed by atoms with van der Waals surface area (Å²) in [5.74, 6) is 6.70. The van der Waals surface area contributed by atoms with Crippen LogP contribution in [-0.2, 0) is 0 Å². The highest BCUT2D eigenvalue weighted by atomic mass is 31.0. The molecule has 3 fully saturated rings. The van der Waals surface area contributed by atoms with Gasteiger partial charge in [-0.15, -0.1) is 18.5 Å². The average molecular weight is 228 g/mol. The van der Waals surface area contributed by atoms with Crippen LogP contribution < -0.4 is 0 Å². The van der Waals surface area contributed by atoms with Gasteiger partial charge in [0, 0.05) is 0 Å². The Bertz CT molecular complexity index is 226. The minimum atomic E-state index is 1.06. The third-order valence-electron chi connectivity index (χ3n) is 5.34. The maximum absolute atomic E-state index is 2.98. The number of hydrogen-bond donors (Lipinski definition) is 0. The predicted octanol–water partition coefficient (Wildman–Crippen LogP) is 3.04. The molecule has 0 saturated heterocycles. The van der Waals surface area contributed by atoms with Gasteiger partial charge in [0.25, 0.3) is 0 Å². The van der Waals surface area contributed by atoms with Gasteiger partial charge in [0.1, 0.15) is 0 Å². The molecular weight excluding hydrogens is 206 g/mol. The van der Waals surface area contributed by atoms with Crippen molar-refractivity contribution in [3.63, 3.8) is 0 Å². The molecule has 0 N–H and O–H groups in total. The highest BCUT2D eigenvalue weighted by molar-refractivity contribution is 7.16. The standard InChI is InChI=1S/C12H22P2/c13-5-7-1-10-8-3-9(6-14)11(4-8)12(10)2-7/h7-12H,1-6,13-14H2. The van der Waals surface area contributed by atoms with E-state index in [1.807, 2.05) is 0 Å². The quantitative estimate of drug-likeness (QED) is 0.637. The first-order valence-electron chi connectivity index (χ1n) is 6.23. The van der Waals surface area contributed by atoms with Gasteiger partial charge in [0.05, 0.1) is 0 Å². The summed E-state index contributed by atoms with van der Waals surface area (Å²) in [6, 6.07) is 0. The van der Waals surface area contributed by atoms with E-state index in [0.717, 1.165) is 35.5 Å². The molecule has 0 spiro atoms. The van der Waals surface area contributed by atoms with Crippen molar-refractivity contribution in [3.8, 4) is 0 Å². The predicted molar refractivity (Wildman–Crippen MR) is 68.6 cm³/mol. The maximum Gasteiger partial charge on any atom is -0.0346 e. The van der Waals surface area contributed by atoms with Gasteiger partial charge in [-0.05, 0) is 73.5 Å². The van der Waals surface area contributed by atoms with Gasteiger partial charge in [0.15, 0.2) is 0 Å². The van der Waals surface area contributed by atoms with Crippen molar-refractivity contribution in [1.82, 2.24) is 0 Å². The molecule has 8 atom stereocenters. The van der Waals surface area contributed by atoms with Gasteiger partial charge >= 0.3 is 0 Å². The highest BCUT2D eigenvalue weighted by Gasteiger charge is 2.54. The van der Waals surface area contributed by atoms with Crippen LogP contribution in [0.2, 0.25) is 0 Å². The Hall–Kier alpha value is 0.860. The molecule has 0 amide bonds. The van der Waals surface area contributed by atoms with Gasteiger partial charge in [-0.1, -0.05) is 0 Å². The normalized spacial score (nSPS) is 55.3. The molecule has 0 nitrogen and oxygen atoms in total. The summed E-state index contributed by atoms with van der Waals surface area (Å²) in [6.07, 6.45) is 9.03. The molecular formula is C12H22P2. The lowest BCUT2D eigenvalue weighted by atomic mass is 9.76. The van der Waals surface area contributed by atoms with Crippen molar-refractivity contribution < 1.29 is 0 Å². The lowest BCUT2D eigenvalue weighted by Gasteiger charge is -2.30. The van der Waals surface area contributed by atoms with Crippen LogP contribution >= 0.6 is 18.5 Å². The fourth-order valence-electron chi connectivity index (χ4n) is 4.79. The van der Waals surface area contributed by atoms with Crippen LogP contribution in [0, 0.1) is 35.5 Å². The van der Waals surface area contributed by atoms with Crippen molar-refractivity contribution in [2.45, 2.75) is 25.7 Å². The van der Waals surface area contributed by atoms with Gasteiger partial charge < -0.3 is 0 Å². The minimum absolute atomic E-state index is 1.06. The Labute approximate surface area is 92.4 Å². The molecule has 2 bridgehead atoms. The van der Waals surface area contributed by atoms with Crippen LogP contribution in [-0.4, -0.2) is 12.3 Å². The molecule has 3 rings (SSSR count). The summed E-state index contributed by atoms with van der Waals surface area (Å²) in [6.45, 7) is 0. The summed E-state index contributed by atoms with van der Waals surface area (Å²) in [5.41, 5.74) is 0. The molecule has 8 unspecified atom stereocenters. The number of fused-ring (bicyclic) bond motifs is 5. The van der Waals surface area contributed by atoms with E-state index in [9.17, 15) is 0 Å². The van der Waals surface area contributed by atoms with Gasteiger partial charge in [-0.25, -0.2) is 0 Å². The van der Waals surface area contributed by atoms with Crippen molar-refractivity contribution in [2.24, 2.45) is 35.5 Å². The molecule has 80 valence electrons. The van der Waals surface area contributed by atoms with E-state index < -0.39 is 0 Å².